The number of hydrogen-bond acceptors (Lipinski definition) is 0. The Hall–Kier alpha value is -0.260. The molecule has 0 saturated heterocycles. The topological polar surface area (TPSA) is 0 Å². The Morgan fingerprint density at radius 2 is 1.91 bits per heavy atom. The maximum Gasteiger partial charge on any atom is -0.00853 e. The van der Waals surface area contributed by atoms with Crippen LogP contribution in [0.2, 0.25) is 0 Å². The maximum atomic E-state index is 2.72. The van der Waals surface area contributed by atoms with Crippen molar-refractivity contribution in [1.29, 1.82) is 0 Å². The highest BCUT2D eigenvalue weighted by Gasteiger charge is 2.57. The van der Waals surface area contributed by atoms with Crippen molar-refractivity contribution in [2.45, 2.75) is 91.4 Å². The van der Waals surface area contributed by atoms with Crippen LogP contribution in [0.4, 0.5) is 0 Å². The Morgan fingerprint density at radius 1 is 1.05 bits per heavy atom. The van der Waals surface area contributed by atoms with Crippen LogP contribution in [0, 0.1) is 34.5 Å². The third kappa shape index (κ3) is 2.01. The van der Waals surface area contributed by atoms with Gasteiger partial charge in [-0.2, -0.15) is 0 Å². The van der Waals surface area contributed by atoms with E-state index in [0.717, 1.165) is 23.7 Å². The molecule has 0 aromatic heterocycles. The van der Waals surface area contributed by atoms with Gasteiger partial charge in [-0.25, -0.2) is 0 Å². The molecular weight excluding hydrogens is 264 g/mol. The van der Waals surface area contributed by atoms with Crippen molar-refractivity contribution in [1.82, 2.24) is 0 Å². The van der Waals surface area contributed by atoms with E-state index >= 15 is 0 Å². The molecule has 0 aromatic rings. The molecule has 0 heteroatoms. The average molecular weight is 301 g/mol. The van der Waals surface area contributed by atoms with E-state index < -0.39 is 0 Å². The van der Waals surface area contributed by atoms with Crippen molar-refractivity contribution in [2.24, 2.45) is 34.5 Å². The molecule has 124 valence electrons. The smallest absolute Gasteiger partial charge is 0.00853 e. The van der Waals surface area contributed by atoms with E-state index in [-0.39, 0.29) is 0 Å². The van der Waals surface area contributed by atoms with Crippen molar-refractivity contribution in [3.8, 4) is 0 Å². The Kier molecular flexibility index (Phi) is 3.74. The second-order valence-electron chi connectivity index (χ2n) is 9.57. The molecule has 22 heavy (non-hydrogen) atoms. The lowest BCUT2D eigenvalue weighted by Gasteiger charge is -2.57. The summed E-state index contributed by atoms with van der Waals surface area (Å²) in [5.74, 6) is 4.12. The number of allylic oxidation sites excluding steroid dienone is 2. The molecule has 4 aliphatic carbocycles. The van der Waals surface area contributed by atoms with Gasteiger partial charge >= 0.3 is 0 Å². The first-order chi connectivity index (χ1) is 10.6. The molecule has 3 fully saturated rings. The third-order valence-electron chi connectivity index (χ3n) is 8.85. The lowest BCUT2D eigenvalue weighted by Crippen LogP contribution is -2.49. The van der Waals surface area contributed by atoms with Crippen LogP contribution in [-0.4, -0.2) is 0 Å². The van der Waals surface area contributed by atoms with E-state index in [4.69, 9.17) is 0 Å². The predicted molar refractivity (Wildman–Crippen MR) is 94.7 cm³/mol. The van der Waals surface area contributed by atoms with Crippen LogP contribution in [0.15, 0.2) is 11.6 Å². The fraction of sp³-hybridized carbons (Fsp3) is 0.909. The molecular formula is C22H36. The van der Waals surface area contributed by atoms with Crippen LogP contribution in [0.25, 0.3) is 0 Å². The van der Waals surface area contributed by atoms with Crippen molar-refractivity contribution >= 4 is 0 Å². The molecule has 4 aliphatic rings. The fourth-order valence-corrected chi connectivity index (χ4v) is 7.63. The molecule has 0 amide bonds. The molecule has 0 bridgehead atoms. The van der Waals surface area contributed by atoms with Crippen LogP contribution in [0.3, 0.4) is 0 Å². The normalized spacial score (nSPS) is 50.8. The Labute approximate surface area is 138 Å². The van der Waals surface area contributed by atoms with Crippen LogP contribution in [0.5, 0.6) is 0 Å². The van der Waals surface area contributed by atoms with Gasteiger partial charge in [-0.05, 0) is 85.9 Å². The summed E-state index contributed by atoms with van der Waals surface area (Å²) >= 11 is 0. The quantitative estimate of drug-likeness (QED) is 0.494. The van der Waals surface area contributed by atoms with E-state index in [1.807, 2.05) is 5.57 Å². The van der Waals surface area contributed by atoms with Crippen molar-refractivity contribution < 1.29 is 0 Å². The number of rotatable bonds is 2. The number of fused-ring (bicyclic) bond motifs is 5. The summed E-state index contributed by atoms with van der Waals surface area (Å²) in [5.41, 5.74) is 3.14. The van der Waals surface area contributed by atoms with Crippen molar-refractivity contribution in [2.75, 3.05) is 0 Å². The third-order valence-corrected chi connectivity index (χ3v) is 8.85. The molecule has 0 nitrogen and oxygen atoms in total. The lowest BCUT2D eigenvalue weighted by atomic mass is 9.47. The summed E-state index contributed by atoms with van der Waals surface area (Å²) in [4.78, 5) is 0. The monoisotopic (exact) mass is 300 g/mol. The van der Waals surface area contributed by atoms with Gasteiger partial charge in [0.25, 0.3) is 0 Å². The molecule has 6 atom stereocenters. The first-order valence-electron chi connectivity index (χ1n) is 10.3. The van der Waals surface area contributed by atoms with Gasteiger partial charge in [0.1, 0.15) is 0 Å². The SMILES string of the molecule is CCC[C@@H]1CC[C@H]2[C@@H]3CC=C4CCCC[C@]4(C)[C@H]3CC[C@]12C. The van der Waals surface area contributed by atoms with Crippen LogP contribution >= 0.6 is 0 Å². The first kappa shape index (κ1) is 15.3. The molecule has 3 saturated carbocycles. The van der Waals surface area contributed by atoms with Crippen LogP contribution < -0.4 is 0 Å². The van der Waals surface area contributed by atoms with Gasteiger partial charge < -0.3 is 0 Å². The highest BCUT2D eigenvalue weighted by atomic mass is 14.6. The summed E-state index contributed by atoms with van der Waals surface area (Å²) in [6.45, 7) is 7.72. The second kappa shape index (κ2) is 5.38. The Bertz CT molecular complexity index is 461. The minimum absolute atomic E-state index is 0.589. The van der Waals surface area contributed by atoms with Gasteiger partial charge in [0.2, 0.25) is 0 Å². The van der Waals surface area contributed by atoms with Gasteiger partial charge in [-0.15, -0.1) is 0 Å². The minimum atomic E-state index is 0.589. The maximum absolute atomic E-state index is 2.72. The summed E-state index contributed by atoms with van der Waals surface area (Å²) < 4.78 is 0. The zero-order valence-electron chi connectivity index (χ0n) is 15.2. The molecule has 0 radical (unpaired) electrons. The van der Waals surface area contributed by atoms with E-state index in [1.54, 1.807) is 6.42 Å². The van der Waals surface area contributed by atoms with Gasteiger partial charge in [0.15, 0.2) is 0 Å². The van der Waals surface area contributed by atoms with E-state index in [0.29, 0.717) is 10.8 Å². The van der Waals surface area contributed by atoms with E-state index in [9.17, 15) is 0 Å². The van der Waals surface area contributed by atoms with Crippen LogP contribution in [0.1, 0.15) is 91.4 Å². The van der Waals surface area contributed by atoms with Crippen molar-refractivity contribution in [3.63, 3.8) is 0 Å². The molecule has 0 unspecified atom stereocenters. The van der Waals surface area contributed by atoms with Gasteiger partial charge in [-0.3, -0.25) is 0 Å². The molecule has 0 heterocycles. The fourth-order valence-electron chi connectivity index (χ4n) is 7.63. The van der Waals surface area contributed by atoms with Gasteiger partial charge in [-0.1, -0.05) is 51.7 Å². The average Bonchev–Trinajstić information content (AvgIpc) is 2.84. The second-order valence-corrected chi connectivity index (χ2v) is 9.57. The predicted octanol–water partition coefficient (Wildman–Crippen LogP) is 6.76. The Morgan fingerprint density at radius 3 is 2.73 bits per heavy atom. The Balaban J connectivity index is 1.63. The highest BCUT2D eigenvalue weighted by molar-refractivity contribution is 5.24. The summed E-state index contributed by atoms with van der Waals surface area (Å²) in [6, 6.07) is 0. The first-order valence-corrected chi connectivity index (χ1v) is 10.3. The van der Waals surface area contributed by atoms with Crippen molar-refractivity contribution in [3.05, 3.63) is 11.6 Å². The molecule has 0 aromatic carbocycles. The summed E-state index contributed by atoms with van der Waals surface area (Å²) in [6.07, 6.45) is 19.0. The van der Waals surface area contributed by atoms with E-state index in [1.165, 1.54) is 64.2 Å². The lowest BCUT2D eigenvalue weighted by molar-refractivity contribution is -0.0422. The molecule has 0 spiro atoms. The van der Waals surface area contributed by atoms with Gasteiger partial charge in [0, 0.05) is 0 Å². The zero-order chi connectivity index (χ0) is 15.4. The summed E-state index contributed by atoms with van der Waals surface area (Å²) in [7, 11) is 0. The zero-order valence-corrected chi connectivity index (χ0v) is 15.2. The van der Waals surface area contributed by atoms with E-state index in [2.05, 4.69) is 26.8 Å². The highest BCUT2D eigenvalue weighted by Crippen LogP contribution is 2.66. The molecule has 0 N–H and O–H groups in total. The standard InChI is InChI=1S/C22H36/c1-4-7-16-10-12-19-18-11-9-17-8-5-6-14-21(17,2)20(18)13-15-22(16,19)3/h9,16,18-20H,4-8,10-15H2,1-3H3/t16-,18+,19+,20+,21+,22-/m1/s1. The summed E-state index contributed by atoms with van der Waals surface area (Å²) in [5, 5.41) is 0. The minimum Gasteiger partial charge on any atom is -0.0845 e. The van der Waals surface area contributed by atoms with Crippen LogP contribution in [-0.2, 0) is 0 Å². The molecule has 4 rings (SSSR count). The van der Waals surface area contributed by atoms with Gasteiger partial charge in [0.05, 0.1) is 0 Å². The largest absolute Gasteiger partial charge is 0.0845 e. The molecule has 0 aliphatic heterocycles. The number of hydrogen-bond donors (Lipinski definition) is 0.